The lowest BCUT2D eigenvalue weighted by atomic mass is 10.3. The number of thiol groups is 1. The third-order valence-corrected chi connectivity index (χ3v) is 1.10. The molecule has 0 aromatic carbocycles. The summed E-state index contributed by atoms with van der Waals surface area (Å²) in [7, 11) is 0. The Balaban J connectivity index is 3.79. The molecule has 76 valence electrons. The second-order valence-corrected chi connectivity index (χ2v) is 3.18. The minimum absolute atomic E-state index is 0.372. The van der Waals surface area contributed by atoms with E-state index < -0.39 is 18.5 Å². The van der Waals surface area contributed by atoms with Gasteiger partial charge < -0.3 is 5.32 Å². The molecular formula is C7H10F3NOS. The van der Waals surface area contributed by atoms with Crippen LogP contribution in [0.25, 0.3) is 0 Å². The Morgan fingerprint density at radius 3 is 2.54 bits per heavy atom. The lowest BCUT2D eigenvalue weighted by molar-refractivity contribution is -0.125. The Bertz CT molecular complexity index is 200. The Hall–Kier alpha value is -0.650. The summed E-state index contributed by atoms with van der Waals surface area (Å²) < 4.78 is 34.7. The van der Waals surface area contributed by atoms with E-state index in [1.807, 2.05) is 0 Å². The summed E-state index contributed by atoms with van der Waals surface area (Å²) in [5.74, 6) is -0.577. The van der Waals surface area contributed by atoms with E-state index in [9.17, 15) is 18.0 Å². The molecule has 0 aliphatic rings. The van der Waals surface area contributed by atoms with Crippen LogP contribution in [-0.2, 0) is 4.79 Å². The summed E-state index contributed by atoms with van der Waals surface area (Å²) in [6.45, 7) is 1.60. The fraction of sp³-hybridized carbons (Fsp3) is 0.571. The van der Waals surface area contributed by atoms with Gasteiger partial charge in [-0.15, -0.1) is 0 Å². The van der Waals surface area contributed by atoms with Gasteiger partial charge in [-0.2, -0.15) is 25.8 Å². The van der Waals surface area contributed by atoms with Crippen LogP contribution in [0.4, 0.5) is 13.2 Å². The summed E-state index contributed by atoms with van der Waals surface area (Å²) in [6, 6.07) is 0. The zero-order valence-electron chi connectivity index (χ0n) is 6.93. The third-order valence-electron chi connectivity index (χ3n) is 0.970. The van der Waals surface area contributed by atoms with Crippen LogP contribution in [-0.4, -0.2) is 17.5 Å². The van der Waals surface area contributed by atoms with Crippen molar-refractivity contribution in [1.29, 1.82) is 0 Å². The quantitative estimate of drug-likeness (QED) is 0.418. The number of carbonyl (C=O) groups is 1. The van der Waals surface area contributed by atoms with Crippen LogP contribution in [0.1, 0.15) is 13.3 Å². The van der Waals surface area contributed by atoms with E-state index >= 15 is 0 Å². The van der Waals surface area contributed by atoms with Crippen molar-refractivity contribution in [1.82, 2.24) is 5.32 Å². The Labute approximate surface area is 79.6 Å². The number of carbonyl (C=O) groups excluding carboxylic acids is 1. The second-order valence-electron chi connectivity index (χ2n) is 2.41. The minimum Gasteiger partial charge on any atom is -0.341 e. The number of halogens is 3. The molecule has 1 atom stereocenters. The van der Waals surface area contributed by atoms with Gasteiger partial charge in [0.2, 0.25) is 5.91 Å². The van der Waals surface area contributed by atoms with Gasteiger partial charge in [-0.3, -0.25) is 4.79 Å². The van der Waals surface area contributed by atoms with E-state index in [0.717, 1.165) is 12.2 Å². The molecule has 0 rings (SSSR count). The number of hydrogen-bond donors (Lipinski definition) is 2. The van der Waals surface area contributed by atoms with Crippen LogP contribution in [0.2, 0.25) is 0 Å². The number of amides is 1. The molecule has 0 saturated carbocycles. The van der Waals surface area contributed by atoms with Gasteiger partial charge in [-0.25, -0.2) is 0 Å². The summed E-state index contributed by atoms with van der Waals surface area (Å²) in [5, 5.41) is 1.93. The molecule has 13 heavy (non-hydrogen) atoms. The highest BCUT2D eigenvalue weighted by Gasteiger charge is 2.24. The topological polar surface area (TPSA) is 29.1 Å². The molecular weight excluding hydrogens is 203 g/mol. The highest BCUT2D eigenvalue weighted by atomic mass is 32.1. The van der Waals surface area contributed by atoms with Crippen LogP contribution in [0, 0.1) is 0 Å². The molecule has 2 nitrogen and oxygen atoms in total. The van der Waals surface area contributed by atoms with Crippen molar-refractivity contribution in [3.8, 4) is 0 Å². The number of hydrogen-bond acceptors (Lipinski definition) is 2. The molecule has 1 N–H and O–H groups in total. The summed E-state index contributed by atoms with van der Waals surface area (Å²) in [6.07, 6.45) is -3.74. The molecule has 6 heteroatoms. The van der Waals surface area contributed by atoms with Gasteiger partial charge in [0.05, 0.1) is 11.8 Å². The van der Waals surface area contributed by atoms with Crippen molar-refractivity contribution in [3.63, 3.8) is 0 Å². The zero-order chi connectivity index (χ0) is 10.5. The van der Waals surface area contributed by atoms with Gasteiger partial charge in [0.15, 0.2) is 0 Å². The number of allylic oxidation sites excluding steroid dienone is 1. The van der Waals surface area contributed by atoms with Gasteiger partial charge >= 0.3 is 6.18 Å². The van der Waals surface area contributed by atoms with Crippen LogP contribution in [0.5, 0.6) is 0 Å². The van der Waals surface area contributed by atoms with Crippen LogP contribution in [0.3, 0.4) is 0 Å². The third kappa shape index (κ3) is 9.26. The highest BCUT2D eigenvalue weighted by molar-refractivity contribution is 7.80. The lowest BCUT2D eigenvalue weighted by Crippen LogP contribution is -2.26. The predicted molar refractivity (Wildman–Crippen MR) is 46.4 cm³/mol. The predicted octanol–water partition coefficient (Wildman–Crippen LogP) is 1.89. The molecule has 0 saturated heterocycles. The Kier molecular flexibility index (Phi) is 4.90. The highest BCUT2D eigenvalue weighted by Crippen LogP contribution is 2.19. The molecule has 0 aromatic heterocycles. The molecule has 1 unspecified atom stereocenters. The van der Waals surface area contributed by atoms with Crippen LogP contribution < -0.4 is 5.32 Å². The van der Waals surface area contributed by atoms with Crippen LogP contribution >= 0.6 is 12.6 Å². The molecule has 0 aromatic rings. The van der Waals surface area contributed by atoms with E-state index in [0.29, 0.717) is 0 Å². The smallest absolute Gasteiger partial charge is 0.341 e. The van der Waals surface area contributed by atoms with Crippen LogP contribution in [0.15, 0.2) is 12.2 Å². The lowest BCUT2D eigenvalue weighted by Gasteiger charge is -2.04. The first kappa shape index (κ1) is 12.3. The van der Waals surface area contributed by atoms with Crippen molar-refractivity contribution in [2.24, 2.45) is 0 Å². The standard InChI is InChI=1S/C7H10F3NOS/c1-5(13)11-6(12)3-2-4-7(8,9)10/h2-3,5,13H,4H2,1H3,(H,11,12)/b3-2+. The SMILES string of the molecule is CC(S)NC(=O)/C=C/CC(F)(F)F. The molecule has 0 heterocycles. The average Bonchev–Trinajstić information content (AvgIpc) is 1.81. The first-order valence-corrected chi connectivity index (χ1v) is 4.05. The first-order chi connectivity index (χ1) is 5.81. The molecule has 0 bridgehead atoms. The number of alkyl halides is 3. The molecule has 0 aliphatic carbocycles. The van der Waals surface area contributed by atoms with Crippen molar-refractivity contribution in [3.05, 3.63) is 12.2 Å². The van der Waals surface area contributed by atoms with E-state index in [1.54, 1.807) is 6.92 Å². The second kappa shape index (κ2) is 5.16. The van der Waals surface area contributed by atoms with Gasteiger partial charge in [0.25, 0.3) is 0 Å². The summed E-state index contributed by atoms with van der Waals surface area (Å²) in [4.78, 5) is 10.7. The number of rotatable bonds is 3. The number of nitrogens with one attached hydrogen (secondary N) is 1. The first-order valence-electron chi connectivity index (χ1n) is 3.53. The van der Waals surface area contributed by atoms with E-state index in [-0.39, 0.29) is 5.37 Å². The van der Waals surface area contributed by atoms with Crippen molar-refractivity contribution in [2.45, 2.75) is 24.9 Å². The summed E-state index contributed by atoms with van der Waals surface area (Å²) >= 11 is 3.83. The maximum Gasteiger partial charge on any atom is 0.392 e. The monoisotopic (exact) mass is 213 g/mol. The summed E-state index contributed by atoms with van der Waals surface area (Å²) in [5.41, 5.74) is 0. The molecule has 0 radical (unpaired) electrons. The van der Waals surface area contributed by atoms with E-state index in [1.165, 1.54) is 0 Å². The normalized spacial score (nSPS) is 14.5. The van der Waals surface area contributed by atoms with Gasteiger partial charge in [0.1, 0.15) is 0 Å². The fourth-order valence-electron chi connectivity index (χ4n) is 0.554. The van der Waals surface area contributed by atoms with Crippen molar-refractivity contribution < 1.29 is 18.0 Å². The largest absolute Gasteiger partial charge is 0.392 e. The molecule has 0 aliphatic heterocycles. The maximum atomic E-state index is 11.6. The minimum atomic E-state index is -4.26. The molecule has 0 spiro atoms. The van der Waals surface area contributed by atoms with Crippen molar-refractivity contribution in [2.75, 3.05) is 0 Å². The maximum absolute atomic E-state index is 11.6. The van der Waals surface area contributed by atoms with Gasteiger partial charge in [0, 0.05) is 0 Å². The molecule has 1 amide bonds. The van der Waals surface area contributed by atoms with Crippen molar-refractivity contribution >= 4 is 18.5 Å². The van der Waals surface area contributed by atoms with E-state index in [2.05, 4.69) is 17.9 Å². The average molecular weight is 213 g/mol. The Morgan fingerprint density at radius 1 is 1.62 bits per heavy atom. The molecule has 0 fully saturated rings. The zero-order valence-corrected chi connectivity index (χ0v) is 7.82. The van der Waals surface area contributed by atoms with Gasteiger partial charge in [-0.05, 0) is 13.0 Å². The van der Waals surface area contributed by atoms with E-state index in [4.69, 9.17) is 0 Å². The Morgan fingerprint density at radius 2 is 2.15 bits per heavy atom. The fourth-order valence-corrected chi connectivity index (χ4v) is 0.681. The van der Waals surface area contributed by atoms with Gasteiger partial charge in [-0.1, -0.05) is 6.08 Å².